The summed E-state index contributed by atoms with van der Waals surface area (Å²) < 4.78 is 4.96. The Morgan fingerprint density at radius 2 is 2.38 bits per heavy atom. The molecule has 1 aromatic heterocycles. The highest BCUT2D eigenvalue weighted by molar-refractivity contribution is 5.95. The number of nitrogens with zero attached hydrogens (tertiary/aromatic N) is 2. The van der Waals surface area contributed by atoms with Crippen LogP contribution >= 0.6 is 0 Å². The quantitative estimate of drug-likeness (QED) is 0.799. The van der Waals surface area contributed by atoms with Crippen LogP contribution in [0.5, 0.6) is 0 Å². The number of anilines is 2. The molecule has 1 unspecified atom stereocenters. The molecule has 1 aliphatic heterocycles. The normalized spacial score (nSPS) is 18.5. The van der Waals surface area contributed by atoms with Gasteiger partial charge in [-0.2, -0.15) is 0 Å². The maximum absolute atomic E-state index is 11.8. The molecule has 0 aliphatic carbocycles. The smallest absolute Gasteiger partial charge is 0.340 e. The van der Waals surface area contributed by atoms with Crippen LogP contribution in [0.15, 0.2) is 12.3 Å². The van der Waals surface area contributed by atoms with Crippen molar-refractivity contribution in [2.45, 2.75) is 25.8 Å². The van der Waals surface area contributed by atoms with Gasteiger partial charge in [0.1, 0.15) is 5.82 Å². The Kier molecular flexibility index (Phi) is 4.62. The highest BCUT2D eigenvalue weighted by Gasteiger charge is 2.23. The zero-order valence-corrected chi connectivity index (χ0v) is 12.3. The Morgan fingerprint density at radius 3 is 3.05 bits per heavy atom. The Morgan fingerprint density at radius 1 is 1.62 bits per heavy atom. The van der Waals surface area contributed by atoms with Gasteiger partial charge in [0.15, 0.2) is 0 Å². The number of carbonyl (C=O) groups excluding carboxylic acids is 2. The van der Waals surface area contributed by atoms with Gasteiger partial charge < -0.3 is 20.7 Å². The predicted octanol–water partition coefficient (Wildman–Crippen LogP) is 0.873. The molecule has 1 saturated heterocycles. The Bertz CT molecular complexity index is 547. The van der Waals surface area contributed by atoms with Crippen molar-refractivity contribution in [3.63, 3.8) is 0 Å². The largest absolute Gasteiger partial charge is 0.462 e. The first-order valence-corrected chi connectivity index (χ1v) is 6.94. The minimum Gasteiger partial charge on any atom is -0.462 e. The van der Waals surface area contributed by atoms with E-state index in [1.54, 1.807) is 24.9 Å². The van der Waals surface area contributed by atoms with E-state index in [1.807, 2.05) is 0 Å². The molecule has 7 nitrogen and oxygen atoms in total. The van der Waals surface area contributed by atoms with Gasteiger partial charge in [0, 0.05) is 26.1 Å². The standard InChI is InChI=1S/C14H20N4O3/c1-3-21-14(20)10-6-12(16-7-11(10)15)17-9-4-5-13(19)18(2)8-9/h6-7,9H,3-5,8,15H2,1-2H3,(H,16,17). The summed E-state index contributed by atoms with van der Waals surface area (Å²) in [6.07, 6.45) is 2.68. The Labute approximate surface area is 123 Å². The lowest BCUT2D eigenvalue weighted by atomic mass is 10.1. The van der Waals surface area contributed by atoms with Crippen LogP contribution in [0.2, 0.25) is 0 Å². The van der Waals surface area contributed by atoms with Crippen LogP contribution in [-0.4, -0.2) is 48.0 Å². The van der Waals surface area contributed by atoms with Gasteiger partial charge in [-0.1, -0.05) is 0 Å². The molecule has 0 radical (unpaired) electrons. The highest BCUT2D eigenvalue weighted by Crippen LogP contribution is 2.19. The monoisotopic (exact) mass is 292 g/mol. The number of ether oxygens (including phenoxy) is 1. The van der Waals surface area contributed by atoms with Crippen LogP contribution in [0.3, 0.4) is 0 Å². The van der Waals surface area contributed by atoms with Gasteiger partial charge in [-0.25, -0.2) is 9.78 Å². The number of amides is 1. The second kappa shape index (κ2) is 6.43. The van der Waals surface area contributed by atoms with Crippen molar-refractivity contribution in [2.24, 2.45) is 0 Å². The molecule has 1 aliphatic rings. The van der Waals surface area contributed by atoms with Gasteiger partial charge in [0.05, 0.1) is 24.1 Å². The number of nitrogens with one attached hydrogen (secondary N) is 1. The molecule has 7 heteroatoms. The Hall–Kier alpha value is -2.31. The fourth-order valence-corrected chi connectivity index (χ4v) is 2.27. The van der Waals surface area contributed by atoms with Gasteiger partial charge >= 0.3 is 5.97 Å². The Balaban J connectivity index is 2.09. The zero-order valence-electron chi connectivity index (χ0n) is 12.3. The number of piperidine rings is 1. The van der Waals surface area contributed by atoms with E-state index in [0.717, 1.165) is 6.42 Å². The third-order valence-electron chi connectivity index (χ3n) is 3.41. The first kappa shape index (κ1) is 15.1. The highest BCUT2D eigenvalue weighted by atomic mass is 16.5. The summed E-state index contributed by atoms with van der Waals surface area (Å²) in [7, 11) is 1.77. The number of carbonyl (C=O) groups is 2. The number of esters is 1. The molecule has 114 valence electrons. The van der Waals surface area contributed by atoms with Crippen molar-refractivity contribution in [3.05, 3.63) is 17.8 Å². The number of hydrogen-bond acceptors (Lipinski definition) is 6. The molecule has 1 aromatic rings. The first-order chi connectivity index (χ1) is 10.0. The third-order valence-corrected chi connectivity index (χ3v) is 3.41. The lowest BCUT2D eigenvalue weighted by Crippen LogP contribution is -2.43. The lowest BCUT2D eigenvalue weighted by molar-refractivity contribution is -0.132. The number of likely N-dealkylation sites (tertiary alicyclic amines) is 1. The van der Waals surface area contributed by atoms with Crippen molar-refractivity contribution in [1.82, 2.24) is 9.88 Å². The average molecular weight is 292 g/mol. The van der Waals surface area contributed by atoms with Crippen molar-refractivity contribution in [2.75, 3.05) is 31.2 Å². The van der Waals surface area contributed by atoms with Crippen molar-refractivity contribution in [1.29, 1.82) is 0 Å². The summed E-state index contributed by atoms with van der Waals surface area (Å²) in [4.78, 5) is 29.1. The number of aromatic nitrogens is 1. The molecule has 1 atom stereocenters. The molecule has 0 saturated carbocycles. The summed E-state index contributed by atoms with van der Waals surface area (Å²) in [5.74, 6) is 0.238. The molecular weight excluding hydrogens is 272 g/mol. The van der Waals surface area contributed by atoms with Gasteiger partial charge in [0.2, 0.25) is 5.91 Å². The van der Waals surface area contributed by atoms with Crippen LogP contribution in [0, 0.1) is 0 Å². The van der Waals surface area contributed by atoms with Gasteiger partial charge in [0.25, 0.3) is 0 Å². The summed E-state index contributed by atoms with van der Waals surface area (Å²) in [6.45, 7) is 2.64. The molecule has 1 amide bonds. The maximum Gasteiger partial charge on any atom is 0.340 e. The molecule has 2 heterocycles. The minimum atomic E-state index is -0.462. The van der Waals surface area contributed by atoms with Crippen molar-refractivity contribution in [3.8, 4) is 0 Å². The summed E-state index contributed by atoms with van der Waals surface area (Å²) in [5.41, 5.74) is 6.34. The number of nitrogen functional groups attached to an aromatic ring is 1. The van der Waals surface area contributed by atoms with Crippen molar-refractivity contribution < 1.29 is 14.3 Å². The second-order valence-electron chi connectivity index (χ2n) is 5.03. The number of likely N-dealkylation sites (N-methyl/N-ethyl adjacent to an activating group) is 1. The molecular formula is C14H20N4O3. The molecule has 0 aromatic carbocycles. The van der Waals surface area contributed by atoms with Crippen LogP contribution in [0.25, 0.3) is 0 Å². The van der Waals surface area contributed by atoms with E-state index in [1.165, 1.54) is 6.20 Å². The van der Waals surface area contributed by atoms with E-state index in [0.29, 0.717) is 31.0 Å². The van der Waals surface area contributed by atoms with Gasteiger partial charge in [-0.05, 0) is 19.4 Å². The van der Waals surface area contributed by atoms with Crippen LogP contribution in [-0.2, 0) is 9.53 Å². The molecule has 0 spiro atoms. The SMILES string of the molecule is CCOC(=O)c1cc(NC2CCC(=O)N(C)C2)ncc1N. The summed E-state index contributed by atoms with van der Waals surface area (Å²) >= 11 is 0. The third kappa shape index (κ3) is 3.62. The lowest BCUT2D eigenvalue weighted by Gasteiger charge is -2.30. The second-order valence-corrected chi connectivity index (χ2v) is 5.03. The van der Waals surface area contributed by atoms with E-state index >= 15 is 0 Å². The molecule has 2 rings (SSSR count). The first-order valence-electron chi connectivity index (χ1n) is 6.94. The van der Waals surface area contributed by atoms with E-state index in [9.17, 15) is 9.59 Å². The predicted molar refractivity (Wildman–Crippen MR) is 78.9 cm³/mol. The summed E-state index contributed by atoms with van der Waals surface area (Å²) in [5, 5.41) is 3.23. The minimum absolute atomic E-state index is 0.110. The maximum atomic E-state index is 11.8. The van der Waals surface area contributed by atoms with E-state index in [-0.39, 0.29) is 17.6 Å². The fraction of sp³-hybridized carbons (Fsp3) is 0.500. The molecule has 0 bridgehead atoms. The van der Waals surface area contributed by atoms with Crippen LogP contribution in [0.4, 0.5) is 11.5 Å². The number of pyridine rings is 1. The van der Waals surface area contributed by atoms with Crippen LogP contribution < -0.4 is 11.1 Å². The van der Waals surface area contributed by atoms with E-state index < -0.39 is 5.97 Å². The van der Waals surface area contributed by atoms with Crippen LogP contribution in [0.1, 0.15) is 30.1 Å². The number of rotatable bonds is 4. The van der Waals surface area contributed by atoms with E-state index in [2.05, 4.69) is 10.3 Å². The van der Waals surface area contributed by atoms with Gasteiger partial charge in [-0.3, -0.25) is 4.79 Å². The fourth-order valence-electron chi connectivity index (χ4n) is 2.27. The topological polar surface area (TPSA) is 97.5 Å². The number of hydrogen-bond donors (Lipinski definition) is 2. The molecule has 1 fully saturated rings. The average Bonchev–Trinajstić information content (AvgIpc) is 2.45. The van der Waals surface area contributed by atoms with Gasteiger partial charge in [-0.15, -0.1) is 0 Å². The van der Waals surface area contributed by atoms with E-state index in [4.69, 9.17) is 10.5 Å². The number of nitrogens with two attached hydrogens (primary N) is 1. The molecule has 21 heavy (non-hydrogen) atoms. The molecule has 3 N–H and O–H groups in total. The zero-order chi connectivity index (χ0) is 15.4. The summed E-state index contributed by atoms with van der Waals surface area (Å²) in [6, 6.07) is 1.70. The van der Waals surface area contributed by atoms with Crippen molar-refractivity contribution >= 4 is 23.4 Å².